The van der Waals surface area contributed by atoms with Crippen molar-refractivity contribution in [3.8, 4) is 11.4 Å². The number of aryl methyl sites for hydroxylation is 1. The minimum absolute atomic E-state index is 0.111. The second kappa shape index (κ2) is 11.5. The highest BCUT2D eigenvalue weighted by atomic mass is 16.5. The van der Waals surface area contributed by atoms with E-state index in [1.54, 1.807) is 24.3 Å². The summed E-state index contributed by atoms with van der Waals surface area (Å²) in [6.07, 6.45) is 0.705. The van der Waals surface area contributed by atoms with Crippen LogP contribution in [0.25, 0.3) is 11.4 Å². The Morgan fingerprint density at radius 3 is 2.16 bits per heavy atom. The molecule has 3 aromatic rings. The van der Waals surface area contributed by atoms with Crippen molar-refractivity contribution in [2.24, 2.45) is 0 Å². The van der Waals surface area contributed by atoms with E-state index in [0.29, 0.717) is 48.3 Å². The van der Waals surface area contributed by atoms with Gasteiger partial charge in [-0.15, -0.1) is 0 Å². The van der Waals surface area contributed by atoms with Gasteiger partial charge in [-0.1, -0.05) is 6.92 Å². The lowest BCUT2D eigenvalue weighted by molar-refractivity contribution is 0.0857. The maximum atomic E-state index is 12.5. The van der Waals surface area contributed by atoms with Crippen LogP contribution in [0.3, 0.4) is 0 Å². The summed E-state index contributed by atoms with van der Waals surface area (Å²) in [6.45, 7) is 6.54. The van der Waals surface area contributed by atoms with Crippen LogP contribution in [0.15, 0.2) is 48.5 Å². The van der Waals surface area contributed by atoms with Crippen LogP contribution in [0, 0.1) is 0 Å². The number of hydrogen-bond donors (Lipinski definition) is 3. The lowest BCUT2D eigenvalue weighted by Crippen LogP contribution is -2.57. The Morgan fingerprint density at radius 1 is 0.921 bits per heavy atom. The van der Waals surface area contributed by atoms with Crippen LogP contribution in [-0.2, 0) is 11.2 Å². The number of urea groups is 1. The van der Waals surface area contributed by atoms with Gasteiger partial charge < -0.3 is 30.5 Å². The lowest BCUT2D eigenvalue weighted by atomic mass is 10.1. The highest BCUT2D eigenvalue weighted by Gasteiger charge is 2.25. The van der Waals surface area contributed by atoms with E-state index in [0.717, 1.165) is 37.6 Å². The number of nitrogens with zero attached hydrogens (tertiary/aromatic N) is 5. The van der Waals surface area contributed by atoms with Crippen LogP contribution in [-0.4, -0.2) is 84.3 Å². The second-order valence-electron chi connectivity index (χ2n) is 9.45. The number of aromatic nitrogens is 3. The molecule has 2 saturated heterocycles. The van der Waals surface area contributed by atoms with Gasteiger partial charge >= 0.3 is 6.03 Å². The molecule has 0 atom stereocenters. The van der Waals surface area contributed by atoms with Gasteiger partial charge in [-0.25, -0.2) is 9.78 Å². The third kappa shape index (κ3) is 6.24. The second-order valence-corrected chi connectivity index (χ2v) is 9.45. The Kier molecular flexibility index (Phi) is 7.75. The number of morpholine rings is 1. The topological polar surface area (TPSA) is 125 Å². The summed E-state index contributed by atoms with van der Waals surface area (Å²) < 4.78 is 5.44. The molecule has 5 rings (SSSR count). The molecule has 11 heteroatoms. The standard InChI is InChI=1S/C27H32N8O3/c1-3-23-31-24(33-26(32-23)35-12-14-38-15-13-35)18-4-8-20(9-5-18)29-27(37)30-21-10-6-19(7-11-21)25(36)28-22-16-34(2)17-22/h4-11,22H,3,12-17H2,1-2H3,(H,28,36)(H2,29,30,37). The van der Waals surface area contributed by atoms with Gasteiger partial charge in [-0.2, -0.15) is 9.97 Å². The van der Waals surface area contributed by atoms with E-state index >= 15 is 0 Å². The first-order valence-electron chi connectivity index (χ1n) is 12.8. The molecule has 3 heterocycles. The van der Waals surface area contributed by atoms with Crippen molar-refractivity contribution >= 4 is 29.3 Å². The molecule has 3 N–H and O–H groups in total. The summed E-state index contributed by atoms with van der Waals surface area (Å²) >= 11 is 0. The molecule has 0 bridgehead atoms. The van der Waals surface area contributed by atoms with Gasteiger partial charge in [0.1, 0.15) is 5.82 Å². The smallest absolute Gasteiger partial charge is 0.323 e. The first-order valence-corrected chi connectivity index (χ1v) is 12.8. The Morgan fingerprint density at radius 2 is 1.55 bits per heavy atom. The molecule has 2 aliphatic heterocycles. The number of carbonyl (C=O) groups excluding carboxylic acids is 2. The summed E-state index contributed by atoms with van der Waals surface area (Å²) in [5.74, 6) is 1.89. The highest BCUT2D eigenvalue weighted by molar-refractivity contribution is 6.00. The maximum Gasteiger partial charge on any atom is 0.323 e. The minimum Gasteiger partial charge on any atom is -0.378 e. The quantitative estimate of drug-likeness (QED) is 0.438. The van der Waals surface area contributed by atoms with Gasteiger partial charge in [0.2, 0.25) is 5.95 Å². The lowest BCUT2D eigenvalue weighted by Gasteiger charge is -2.36. The van der Waals surface area contributed by atoms with Crippen molar-refractivity contribution < 1.29 is 14.3 Å². The van der Waals surface area contributed by atoms with Gasteiger partial charge in [0.05, 0.1) is 19.3 Å². The number of benzene rings is 2. The Labute approximate surface area is 221 Å². The number of carbonyl (C=O) groups is 2. The van der Waals surface area contributed by atoms with Crippen LogP contribution < -0.4 is 20.9 Å². The van der Waals surface area contributed by atoms with Crippen molar-refractivity contribution in [2.45, 2.75) is 19.4 Å². The van der Waals surface area contributed by atoms with Gasteiger partial charge in [-0.3, -0.25) is 4.79 Å². The Bertz CT molecular complexity index is 1270. The minimum atomic E-state index is -0.379. The first-order chi connectivity index (χ1) is 18.5. The van der Waals surface area contributed by atoms with Gasteiger partial charge in [0.25, 0.3) is 5.91 Å². The van der Waals surface area contributed by atoms with Crippen LogP contribution in [0.4, 0.5) is 22.1 Å². The molecule has 38 heavy (non-hydrogen) atoms. The van der Waals surface area contributed by atoms with Crippen LogP contribution in [0.2, 0.25) is 0 Å². The number of amides is 3. The number of likely N-dealkylation sites (N-methyl/N-ethyl adjacent to an activating group) is 1. The van der Waals surface area contributed by atoms with E-state index < -0.39 is 0 Å². The number of nitrogens with one attached hydrogen (secondary N) is 3. The zero-order valence-corrected chi connectivity index (χ0v) is 21.6. The molecule has 0 radical (unpaired) electrons. The number of hydrogen-bond acceptors (Lipinski definition) is 8. The third-order valence-electron chi connectivity index (χ3n) is 6.49. The number of likely N-dealkylation sites (tertiary alicyclic amines) is 1. The van der Waals surface area contributed by atoms with E-state index in [-0.39, 0.29) is 18.0 Å². The first kappa shape index (κ1) is 25.6. The molecular formula is C27H32N8O3. The fourth-order valence-corrected chi connectivity index (χ4v) is 4.36. The van der Waals surface area contributed by atoms with Crippen molar-refractivity contribution in [3.05, 3.63) is 59.9 Å². The van der Waals surface area contributed by atoms with Crippen molar-refractivity contribution in [1.82, 2.24) is 25.2 Å². The van der Waals surface area contributed by atoms with Crippen LogP contribution >= 0.6 is 0 Å². The molecular weight excluding hydrogens is 484 g/mol. The SMILES string of the molecule is CCc1nc(-c2ccc(NC(=O)Nc3ccc(C(=O)NC4CN(C)C4)cc3)cc2)nc(N2CCOCC2)n1. The highest BCUT2D eigenvalue weighted by Crippen LogP contribution is 2.21. The molecule has 2 aromatic carbocycles. The van der Waals surface area contributed by atoms with Crippen LogP contribution in [0.1, 0.15) is 23.1 Å². The predicted molar refractivity (Wildman–Crippen MR) is 146 cm³/mol. The normalized spacial score (nSPS) is 16.0. The molecule has 0 aliphatic carbocycles. The fraction of sp³-hybridized carbons (Fsp3) is 0.370. The van der Waals surface area contributed by atoms with Gasteiger partial charge in [0.15, 0.2) is 5.82 Å². The Hall–Kier alpha value is -4.09. The monoisotopic (exact) mass is 516 g/mol. The summed E-state index contributed by atoms with van der Waals surface area (Å²) in [4.78, 5) is 43.0. The molecule has 0 saturated carbocycles. The molecule has 1 aromatic heterocycles. The molecule has 198 valence electrons. The molecule has 0 unspecified atom stereocenters. The molecule has 11 nitrogen and oxygen atoms in total. The molecule has 2 aliphatic rings. The number of ether oxygens (including phenoxy) is 1. The Balaban J connectivity index is 1.18. The largest absolute Gasteiger partial charge is 0.378 e. The predicted octanol–water partition coefficient (Wildman–Crippen LogP) is 2.63. The number of anilines is 3. The molecule has 0 spiro atoms. The van der Waals surface area contributed by atoms with E-state index in [1.165, 1.54) is 0 Å². The average Bonchev–Trinajstić information content (AvgIpc) is 2.93. The van der Waals surface area contributed by atoms with Crippen molar-refractivity contribution in [3.63, 3.8) is 0 Å². The van der Waals surface area contributed by atoms with E-state index in [4.69, 9.17) is 4.74 Å². The summed E-state index contributed by atoms with van der Waals surface area (Å²) in [5, 5.41) is 8.62. The van der Waals surface area contributed by atoms with Crippen LogP contribution in [0.5, 0.6) is 0 Å². The molecule has 3 amide bonds. The van der Waals surface area contributed by atoms with E-state index in [1.807, 2.05) is 38.2 Å². The van der Waals surface area contributed by atoms with Crippen molar-refractivity contribution in [2.75, 3.05) is 62.0 Å². The summed E-state index contributed by atoms with van der Waals surface area (Å²) in [6, 6.07) is 14.0. The molecule has 2 fully saturated rings. The van der Waals surface area contributed by atoms with E-state index in [9.17, 15) is 9.59 Å². The average molecular weight is 517 g/mol. The number of rotatable bonds is 7. The third-order valence-corrected chi connectivity index (χ3v) is 6.49. The fourth-order valence-electron chi connectivity index (χ4n) is 4.36. The van der Waals surface area contributed by atoms with Gasteiger partial charge in [-0.05, 0) is 55.6 Å². The summed E-state index contributed by atoms with van der Waals surface area (Å²) in [5.41, 5.74) is 2.62. The maximum absolute atomic E-state index is 12.5. The van der Waals surface area contributed by atoms with E-state index in [2.05, 4.69) is 40.7 Å². The van der Waals surface area contributed by atoms with Gasteiger partial charge in [0, 0.05) is 55.1 Å². The zero-order chi connectivity index (χ0) is 26.5. The van der Waals surface area contributed by atoms with Crippen molar-refractivity contribution in [1.29, 1.82) is 0 Å². The zero-order valence-electron chi connectivity index (χ0n) is 21.6. The summed E-state index contributed by atoms with van der Waals surface area (Å²) in [7, 11) is 2.02.